The lowest BCUT2D eigenvalue weighted by Crippen LogP contribution is -2.43. The van der Waals surface area contributed by atoms with Gasteiger partial charge in [-0.1, -0.05) is 6.08 Å². The zero-order chi connectivity index (χ0) is 12.9. The molecule has 0 aromatic carbocycles. The number of aliphatic hydroxyl groups is 1. The third kappa shape index (κ3) is 3.92. The molecule has 0 fully saturated rings. The topological polar surface area (TPSA) is 79.2 Å². The Hall–Kier alpha value is -1.82. The van der Waals surface area contributed by atoms with Gasteiger partial charge in [-0.05, 0) is 6.92 Å². The van der Waals surface area contributed by atoms with E-state index in [1.165, 1.54) is 0 Å². The molecular weight excluding hydrogens is 220 g/mol. The molecule has 1 unspecified atom stereocenters. The van der Waals surface area contributed by atoms with E-state index in [4.69, 9.17) is 0 Å². The summed E-state index contributed by atoms with van der Waals surface area (Å²) in [6.45, 7) is 5.61. The molecule has 0 aliphatic heterocycles. The van der Waals surface area contributed by atoms with Gasteiger partial charge in [-0.2, -0.15) is 5.10 Å². The van der Waals surface area contributed by atoms with Crippen LogP contribution in [0.1, 0.15) is 12.5 Å². The molecule has 1 heterocycles. The fraction of sp³-hybridized carbons (Fsp3) is 0.455. The minimum Gasteiger partial charge on any atom is -0.383 e. The third-order valence-corrected chi connectivity index (χ3v) is 2.33. The van der Waals surface area contributed by atoms with E-state index in [1.54, 1.807) is 37.1 Å². The Bertz CT molecular complexity index is 398. The number of hydrogen-bond acceptors (Lipinski definition) is 3. The molecule has 0 aliphatic rings. The van der Waals surface area contributed by atoms with E-state index in [0.717, 1.165) is 0 Å². The molecule has 0 radical (unpaired) electrons. The van der Waals surface area contributed by atoms with E-state index in [0.29, 0.717) is 12.1 Å². The SMILES string of the molecule is C=CCNC(=O)NCC(C)(O)c1cnn(C)c1. The molecule has 1 aromatic heterocycles. The molecule has 0 saturated heterocycles. The van der Waals surface area contributed by atoms with Crippen LogP contribution in [-0.4, -0.2) is 34.0 Å². The maximum Gasteiger partial charge on any atom is 0.315 e. The van der Waals surface area contributed by atoms with Crippen molar-refractivity contribution in [2.45, 2.75) is 12.5 Å². The Morgan fingerprint density at radius 1 is 1.71 bits per heavy atom. The number of aromatic nitrogens is 2. The van der Waals surface area contributed by atoms with Crippen molar-refractivity contribution < 1.29 is 9.90 Å². The van der Waals surface area contributed by atoms with Crippen molar-refractivity contribution in [1.29, 1.82) is 0 Å². The molecular formula is C11H18N4O2. The van der Waals surface area contributed by atoms with Crippen LogP contribution in [0.4, 0.5) is 4.79 Å². The molecule has 1 rings (SSSR count). The molecule has 0 bridgehead atoms. The highest BCUT2D eigenvalue weighted by atomic mass is 16.3. The second-order valence-electron chi connectivity index (χ2n) is 4.03. The number of rotatable bonds is 5. The average Bonchev–Trinajstić information content (AvgIpc) is 2.71. The highest BCUT2D eigenvalue weighted by molar-refractivity contribution is 5.74. The van der Waals surface area contributed by atoms with Gasteiger partial charge >= 0.3 is 6.03 Å². The van der Waals surface area contributed by atoms with Crippen molar-refractivity contribution in [1.82, 2.24) is 20.4 Å². The smallest absolute Gasteiger partial charge is 0.315 e. The summed E-state index contributed by atoms with van der Waals surface area (Å²) < 4.78 is 1.60. The largest absolute Gasteiger partial charge is 0.383 e. The van der Waals surface area contributed by atoms with Crippen LogP contribution in [-0.2, 0) is 12.6 Å². The fourth-order valence-electron chi connectivity index (χ4n) is 1.28. The summed E-state index contributed by atoms with van der Waals surface area (Å²) >= 11 is 0. The van der Waals surface area contributed by atoms with E-state index < -0.39 is 5.60 Å². The lowest BCUT2D eigenvalue weighted by Gasteiger charge is -2.22. The first-order valence-corrected chi connectivity index (χ1v) is 5.30. The number of nitrogens with zero attached hydrogens (tertiary/aromatic N) is 2. The molecule has 94 valence electrons. The van der Waals surface area contributed by atoms with Gasteiger partial charge in [0.1, 0.15) is 5.60 Å². The first-order chi connectivity index (χ1) is 7.95. The minimum absolute atomic E-state index is 0.113. The van der Waals surface area contributed by atoms with E-state index in [2.05, 4.69) is 22.3 Å². The van der Waals surface area contributed by atoms with Crippen molar-refractivity contribution in [3.8, 4) is 0 Å². The van der Waals surface area contributed by atoms with E-state index >= 15 is 0 Å². The summed E-state index contributed by atoms with van der Waals surface area (Å²) in [5, 5.41) is 19.3. The summed E-state index contributed by atoms with van der Waals surface area (Å²) in [5.74, 6) is 0. The van der Waals surface area contributed by atoms with E-state index in [9.17, 15) is 9.90 Å². The minimum atomic E-state index is -1.14. The standard InChI is InChI=1S/C11H18N4O2/c1-4-5-12-10(16)13-8-11(2,17)9-6-14-15(3)7-9/h4,6-7,17H,1,5,8H2,2-3H3,(H2,12,13,16). The van der Waals surface area contributed by atoms with Crippen molar-refractivity contribution in [3.05, 3.63) is 30.6 Å². The zero-order valence-electron chi connectivity index (χ0n) is 10.1. The predicted octanol–water partition coefficient (Wildman–Crippen LogP) is 0.113. The lowest BCUT2D eigenvalue weighted by atomic mass is 10.00. The molecule has 2 amide bonds. The maximum absolute atomic E-state index is 11.3. The van der Waals surface area contributed by atoms with Crippen LogP contribution in [0.5, 0.6) is 0 Å². The highest BCUT2D eigenvalue weighted by Gasteiger charge is 2.25. The third-order valence-electron chi connectivity index (χ3n) is 2.33. The van der Waals surface area contributed by atoms with Crippen LogP contribution in [0.2, 0.25) is 0 Å². The quantitative estimate of drug-likeness (QED) is 0.637. The Balaban J connectivity index is 2.49. The first-order valence-electron chi connectivity index (χ1n) is 5.30. The zero-order valence-corrected chi connectivity index (χ0v) is 10.1. The normalized spacial score (nSPS) is 13.8. The Labute approximate surface area is 100 Å². The summed E-state index contributed by atoms with van der Waals surface area (Å²) in [5.41, 5.74) is -0.483. The van der Waals surface area contributed by atoms with Crippen molar-refractivity contribution >= 4 is 6.03 Å². The van der Waals surface area contributed by atoms with Crippen LogP contribution in [0.15, 0.2) is 25.0 Å². The van der Waals surface area contributed by atoms with Crippen molar-refractivity contribution in [3.63, 3.8) is 0 Å². The van der Waals surface area contributed by atoms with Gasteiger partial charge < -0.3 is 15.7 Å². The van der Waals surface area contributed by atoms with Crippen LogP contribution >= 0.6 is 0 Å². The number of carbonyl (C=O) groups excluding carboxylic acids is 1. The van der Waals surface area contributed by atoms with Crippen molar-refractivity contribution in [2.75, 3.05) is 13.1 Å². The van der Waals surface area contributed by atoms with Crippen LogP contribution in [0.25, 0.3) is 0 Å². The molecule has 1 aromatic rings. The van der Waals surface area contributed by atoms with E-state index in [-0.39, 0.29) is 12.6 Å². The van der Waals surface area contributed by atoms with Crippen LogP contribution in [0.3, 0.4) is 0 Å². The maximum atomic E-state index is 11.3. The number of nitrogens with one attached hydrogen (secondary N) is 2. The summed E-state index contributed by atoms with van der Waals surface area (Å²) in [4.78, 5) is 11.3. The summed E-state index contributed by atoms with van der Waals surface area (Å²) in [7, 11) is 1.77. The number of carbonyl (C=O) groups is 1. The Morgan fingerprint density at radius 2 is 2.41 bits per heavy atom. The molecule has 0 aliphatic carbocycles. The van der Waals surface area contributed by atoms with Gasteiger partial charge in [-0.3, -0.25) is 4.68 Å². The predicted molar refractivity (Wildman–Crippen MR) is 64.4 cm³/mol. The van der Waals surface area contributed by atoms with Crippen LogP contribution in [0, 0.1) is 0 Å². The molecule has 0 saturated carbocycles. The first kappa shape index (κ1) is 13.2. The number of urea groups is 1. The van der Waals surface area contributed by atoms with Crippen LogP contribution < -0.4 is 10.6 Å². The molecule has 17 heavy (non-hydrogen) atoms. The number of amides is 2. The average molecular weight is 238 g/mol. The second kappa shape index (κ2) is 5.49. The van der Waals surface area contributed by atoms with Gasteiger partial charge in [0, 0.05) is 25.4 Å². The molecule has 6 heteroatoms. The molecule has 0 spiro atoms. The molecule has 1 atom stereocenters. The van der Waals surface area contributed by atoms with Gasteiger partial charge in [-0.15, -0.1) is 6.58 Å². The monoisotopic (exact) mass is 238 g/mol. The second-order valence-corrected chi connectivity index (χ2v) is 4.03. The lowest BCUT2D eigenvalue weighted by molar-refractivity contribution is 0.0593. The molecule has 6 nitrogen and oxygen atoms in total. The fourth-order valence-corrected chi connectivity index (χ4v) is 1.28. The van der Waals surface area contributed by atoms with E-state index in [1.807, 2.05) is 0 Å². The van der Waals surface area contributed by atoms with Crippen molar-refractivity contribution in [2.24, 2.45) is 7.05 Å². The Kier molecular flexibility index (Phi) is 4.28. The van der Waals surface area contributed by atoms with Gasteiger partial charge in [0.25, 0.3) is 0 Å². The summed E-state index contributed by atoms with van der Waals surface area (Å²) in [6.07, 6.45) is 4.87. The van der Waals surface area contributed by atoms with Gasteiger partial charge in [0.05, 0.1) is 12.7 Å². The Morgan fingerprint density at radius 3 is 2.94 bits per heavy atom. The number of aryl methyl sites for hydroxylation is 1. The number of hydrogen-bond donors (Lipinski definition) is 3. The van der Waals surface area contributed by atoms with Gasteiger partial charge in [0.2, 0.25) is 0 Å². The van der Waals surface area contributed by atoms with Gasteiger partial charge in [0.15, 0.2) is 0 Å². The van der Waals surface area contributed by atoms with Gasteiger partial charge in [-0.25, -0.2) is 4.79 Å². The summed E-state index contributed by atoms with van der Waals surface area (Å²) in [6, 6.07) is -0.339. The molecule has 3 N–H and O–H groups in total. The highest BCUT2D eigenvalue weighted by Crippen LogP contribution is 2.18.